The first kappa shape index (κ1) is 22.2. The minimum absolute atomic E-state index is 0.0461. The van der Waals surface area contributed by atoms with E-state index in [4.69, 9.17) is 4.74 Å². The highest BCUT2D eigenvalue weighted by atomic mass is 16.5. The van der Waals surface area contributed by atoms with Crippen molar-refractivity contribution in [2.75, 3.05) is 13.3 Å². The van der Waals surface area contributed by atoms with Gasteiger partial charge in [0.05, 0.1) is 17.8 Å². The molecule has 0 aromatic heterocycles. The smallest absolute Gasteiger partial charge is 0.227 e. The van der Waals surface area contributed by atoms with Crippen LogP contribution in [0.4, 0.5) is 0 Å². The quantitative estimate of drug-likeness (QED) is 0.412. The third-order valence-corrected chi connectivity index (χ3v) is 5.33. The molecule has 162 valence electrons. The number of rotatable bonds is 12. The molecule has 30 heavy (non-hydrogen) atoms. The van der Waals surface area contributed by atoms with Gasteiger partial charge in [0, 0.05) is 19.0 Å². The van der Waals surface area contributed by atoms with Crippen LogP contribution in [-0.2, 0) is 11.2 Å². The highest BCUT2D eigenvalue weighted by molar-refractivity contribution is 6.06. The zero-order valence-electron chi connectivity index (χ0n) is 17.4. The highest BCUT2D eigenvalue weighted by Crippen LogP contribution is 2.27. The van der Waals surface area contributed by atoms with E-state index in [9.17, 15) is 20.1 Å². The molecule has 7 nitrogen and oxygen atoms in total. The molecule has 3 atom stereocenters. The number of ketones is 1. The minimum Gasteiger partial charge on any atom is -0.504 e. The molecule has 7 heteroatoms. The Morgan fingerprint density at radius 1 is 1.30 bits per heavy atom. The molecule has 0 fully saturated rings. The summed E-state index contributed by atoms with van der Waals surface area (Å²) in [6.45, 7) is 3.10. The lowest BCUT2D eigenvalue weighted by Gasteiger charge is -2.15. The lowest BCUT2D eigenvalue weighted by atomic mass is 10.00. The molecule has 1 aromatic carbocycles. The van der Waals surface area contributed by atoms with E-state index < -0.39 is 12.2 Å². The van der Waals surface area contributed by atoms with Gasteiger partial charge in [-0.25, -0.2) is 0 Å². The predicted octanol–water partition coefficient (Wildman–Crippen LogP) is 1.28. The maximum absolute atomic E-state index is 12.2. The number of ether oxygens (including phenoxy) is 1. The van der Waals surface area contributed by atoms with Gasteiger partial charge in [-0.15, -0.1) is 0 Å². The molecular formula is C23H31N2O5+. The fraction of sp³-hybridized carbons (Fsp3) is 0.478. The van der Waals surface area contributed by atoms with Crippen LogP contribution < -0.4 is 9.64 Å². The Balaban J connectivity index is 1.45. The number of benzene rings is 1. The number of aryl methyl sites for hydroxylation is 1. The average molecular weight is 416 g/mol. The number of hydrogen-bond donors (Lipinski definition) is 4. The zero-order chi connectivity index (χ0) is 21.5. The number of Topliss-reactive ketones (excluding diaryl/α,β-unsaturated/α-hetero) is 1. The minimum atomic E-state index is -0.811. The van der Waals surface area contributed by atoms with Crippen molar-refractivity contribution in [3.05, 3.63) is 47.8 Å². The van der Waals surface area contributed by atoms with Crippen molar-refractivity contribution in [1.29, 1.82) is 0 Å². The maximum Gasteiger partial charge on any atom is 0.227 e. The van der Waals surface area contributed by atoms with E-state index in [0.717, 1.165) is 34.7 Å². The molecule has 1 aromatic rings. The van der Waals surface area contributed by atoms with Crippen molar-refractivity contribution < 1.29 is 29.8 Å². The van der Waals surface area contributed by atoms with E-state index in [0.29, 0.717) is 31.7 Å². The zero-order valence-corrected chi connectivity index (χ0v) is 17.4. The molecule has 3 rings (SSSR count). The fourth-order valence-corrected chi connectivity index (χ4v) is 3.73. The van der Waals surface area contributed by atoms with Gasteiger partial charge in [-0.2, -0.15) is 0 Å². The van der Waals surface area contributed by atoms with Crippen LogP contribution in [0, 0.1) is 0 Å². The molecule has 0 spiro atoms. The number of fused-ring (bicyclic) bond motifs is 1. The number of quaternary nitrogens is 1. The van der Waals surface area contributed by atoms with Crippen molar-refractivity contribution in [1.82, 2.24) is 0 Å². The molecule has 4 N–H and O–H groups in total. The van der Waals surface area contributed by atoms with Crippen LogP contribution in [-0.4, -0.2) is 52.3 Å². The third-order valence-electron chi connectivity index (χ3n) is 5.33. The van der Waals surface area contributed by atoms with Gasteiger partial charge < -0.3 is 20.1 Å². The number of carbonyl (C=O) groups is 1. The second kappa shape index (κ2) is 10.5. The van der Waals surface area contributed by atoms with Gasteiger partial charge in [-0.1, -0.05) is 19.4 Å². The molecule has 3 unspecified atom stereocenters. The lowest BCUT2D eigenvalue weighted by molar-refractivity contribution is -0.851. The van der Waals surface area contributed by atoms with Gasteiger partial charge in [0.25, 0.3) is 0 Å². The standard InChI is InChI=1S/C23H30N2O5/c1-2-3-18(26)11-20(28)12-19(27)6-4-16-5-7-22(29)23(10-16)30-15-25-13-17-8-9-24-21(17)14-25/h5,7-10,13,18,20,26,28-29H,2-4,6,11-12,14-15H2,1H3/p+1. The van der Waals surface area contributed by atoms with Gasteiger partial charge in [-0.3, -0.25) is 14.7 Å². The second-order valence-electron chi connectivity index (χ2n) is 7.99. The Morgan fingerprint density at radius 3 is 2.90 bits per heavy atom. The number of phenols is 1. The van der Waals surface area contributed by atoms with E-state index in [-0.39, 0.29) is 24.4 Å². The van der Waals surface area contributed by atoms with Crippen molar-refractivity contribution in [2.24, 2.45) is 4.99 Å². The van der Waals surface area contributed by atoms with E-state index in [2.05, 4.69) is 11.2 Å². The van der Waals surface area contributed by atoms with Gasteiger partial charge in [0.15, 0.2) is 11.5 Å². The topological polar surface area (TPSA) is 104 Å². The number of aliphatic imine (C=N–C) groups is 1. The van der Waals surface area contributed by atoms with Crippen LogP contribution in [0.1, 0.15) is 44.6 Å². The van der Waals surface area contributed by atoms with Crippen molar-refractivity contribution >= 4 is 11.5 Å². The van der Waals surface area contributed by atoms with Crippen LogP contribution in [0.15, 0.2) is 47.2 Å². The summed E-state index contributed by atoms with van der Waals surface area (Å²) < 4.78 is 5.80. The van der Waals surface area contributed by atoms with Crippen LogP contribution in [0.2, 0.25) is 0 Å². The molecule has 0 amide bonds. The molecule has 2 aliphatic rings. The number of hydrogen-bond acceptors (Lipinski definition) is 6. The Morgan fingerprint density at radius 2 is 2.13 bits per heavy atom. The lowest BCUT2D eigenvalue weighted by Crippen LogP contribution is -3.07. The summed E-state index contributed by atoms with van der Waals surface area (Å²) >= 11 is 0. The van der Waals surface area contributed by atoms with Crippen LogP contribution >= 0.6 is 0 Å². The summed E-state index contributed by atoms with van der Waals surface area (Å²) in [7, 11) is 0. The first-order chi connectivity index (χ1) is 14.4. The first-order valence-electron chi connectivity index (χ1n) is 10.6. The van der Waals surface area contributed by atoms with Crippen LogP contribution in [0.25, 0.3) is 0 Å². The molecule has 0 saturated heterocycles. The molecule has 2 aliphatic heterocycles. The van der Waals surface area contributed by atoms with Crippen molar-refractivity contribution in [2.45, 2.75) is 57.7 Å². The van der Waals surface area contributed by atoms with Crippen molar-refractivity contribution in [3.8, 4) is 11.5 Å². The molecule has 0 bridgehead atoms. The molecule has 0 aliphatic carbocycles. The maximum atomic E-state index is 12.2. The number of nitrogens with zero attached hydrogens (tertiary/aromatic N) is 1. The van der Waals surface area contributed by atoms with Crippen molar-refractivity contribution in [3.63, 3.8) is 0 Å². The fourth-order valence-electron chi connectivity index (χ4n) is 3.73. The highest BCUT2D eigenvalue weighted by Gasteiger charge is 2.25. The monoisotopic (exact) mass is 415 g/mol. The number of nitrogens with one attached hydrogen (secondary N) is 1. The number of carbonyl (C=O) groups excluding carboxylic acids is 1. The third kappa shape index (κ3) is 6.26. The summed E-state index contributed by atoms with van der Waals surface area (Å²) in [6.07, 6.45) is 6.99. The van der Waals surface area contributed by atoms with E-state index >= 15 is 0 Å². The Labute approximate surface area is 177 Å². The van der Waals surface area contributed by atoms with Crippen LogP contribution in [0.3, 0.4) is 0 Å². The summed E-state index contributed by atoms with van der Waals surface area (Å²) in [4.78, 5) is 17.6. The van der Waals surface area contributed by atoms with E-state index in [1.807, 2.05) is 13.0 Å². The first-order valence-corrected chi connectivity index (χ1v) is 10.6. The Bertz CT molecular complexity index is 846. The van der Waals surface area contributed by atoms with Gasteiger partial charge >= 0.3 is 0 Å². The summed E-state index contributed by atoms with van der Waals surface area (Å²) in [5.41, 5.74) is 3.06. The Hall–Kier alpha value is -2.48. The van der Waals surface area contributed by atoms with Crippen LogP contribution in [0.5, 0.6) is 11.5 Å². The number of phenolic OH excluding ortho intramolecular Hbond substituents is 1. The normalized spacial score (nSPS) is 19.2. The number of aliphatic hydroxyl groups is 2. The molecular weight excluding hydrogens is 384 g/mol. The summed E-state index contributed by atoms with van der Waals surface area (Å²) in [6, 6.07) is 5.10. The van der Waals surface area contributed by atoms with Gasteiger partial charge in [-0.05, 0) is 43.0 Å². The van der Waals surface area contributed by atoms with Gasteiger partial charge in [0.2, 0.25) is 6.73 Å². The molecule has 0 saturated carbocycles. The van der Waals surface area contributed by atoms with E-state index in [1.54, 1.807) is 24.4 Å². The number of allylic oxidation sites excluding steroid dienone is 1. The SMILES string of the molecule is CCCC(O)CC(O)CC(=O)CCc1ccc(O)c(OC[NH+]2C=C3C=CN=C3C2)c1. The second-order valence-corrected chi connectivity index (χ2v) is 7.99. The Kier molecular flexibility index (Phi) is 7.79. The molecule has 0 radical (unpaired) electrons. The molecule has 2 heterocycles. The summed E-state index contributed by atoms with van der Waals surface area (Å²) in [5, 5.41) is 29.8. The summed E-state index contributed by atoms with van der Waals surface area (Å²) in [5.74, 6) is 0.410. The largest absolute Gasteiger partial charge is 0.504 e. The van der Waals surface area contributed by atoms with E-state index in [1.165, 1.54) is 0 Å². The number of aliphatic hydroxyl groups excluding tert-OH is 2. The average Bonchev–Trinajstić information content (AvgIpc) is 3.28. The number of aromatic hydroxyl groups is 1. The predicted molar refractivity (Wildman–Crippen MR) is 114 cm³/mol. The van der Waals surface area contributed by atoms with Gasteiger partial charge in [0.1, 0.15) is 24.2 Å².